The number of amides is 1. The maximum absolute atomic E-state index is 13.5. The highest BCUT2D eigenvalue weighted by Gasteiger charge is 2.31. The van der Waals surface area contributed by atoms with Crippen LogP contribution in [-0.2, 0) is 11.0 Å². The normalized spacial score (nSPS) is 16.0. The lowest BCUT2D eigenvalue weighted by molar-refractivity contribution is -0.137. The average molecular weight is 456 g/mol. The van der Waals surface area contributed by atoms with Gasteiger partial charge in [-0.25, -0.2) is 4.98 Å². The van der Waals surface area contributed by atoms with Crippen molar-refractivity contribution in [2.45, 2.75) is 23.8 Å². The summed E-state index contributed by atoms with van der Waals surface area (Å²) >= 11 is 1.24. The number of carbonyl (C=O) groups excluding carboxylic acids is 1. The standard InChI is InChI=1S/C23H19F3N4OS/c24-23(25,26)19-11-17(15-4-2-1-3-5-15)10-18(12-19)16-6-8-20(9-7-16)29-21(31)13-32-22-27-14-28-30-22/h1-8,10-12,14,20H,9,13H2,(H,29,31)(H,27,28,30). The number of carbonyl (C=O) groups is 1. The summed E-state index contributed by atoms with van der Waals surface area (Å²) in [4.78, 5) is 16.1. The third-order valence-corrected chi connectivity index (χ3v) is 5.76. The van der Waals surface area contributed by atoms with Gasteiger partial charge in [-0.3, -0.25) is 9.89 Å². The van der Waals surface area contributed by atoms with Gasteiger partial charge in [0.15, 0.2) is 5.16 Å². The first-order valence-corrected chi connectivity index (χ1v) is 10.8. The molecule has 1 aromatic heterocycles. The van der Waals surface area contributed by atoms with Crippen LogP contribution >= 0.6 is 11.8 Å². The van der Waals surface area contributed by atoms with Gasteiger partial charge in [0.2, 0.25) is 5.91 Å². The largest absolute Gasteiger partial charge is 0.416 e. The van der Waals surface area contributed by atoms with E-state index in [1.54, 1.807) is 42.5 Å². The first-order chi connectivity index (χ1) is 15.4. The fraction of sp³-hybridized carbons (Fsp3) is 0.174. The molecule has 0 spiro atoms. The van der Waals surface area contributed by atoms with Crippen LogP contribution in [0.3, 0.4) is 0 Å². The zero-order chi connectivity index (χ0) is 22.6. The molecule has 0 saturated heterocycles. The Morgan fingerprint density at radius 3 is 2.56 bits per heavy atom. The van der Waals surface area contributed by atoms with E-state index >= 15 is 0 Å². The molecule has 1 heterocycles. The Morgan fingerprint density at radius 2 is 1.91 bits per heavy atom. The van der Waals surface area contributed by atoms with E-state index in [1.165, 1.54) is 24.2 Å². The van der Waals surface area contributed by atoms with Crippen molar-refractivity contribution < 1.29 is 18.0 Å². The minimum atomic E-state index is -4.45. The molecule has 0 bridgehead atoms. The van der Waals surface area contributed by atoms with E-state index in [0.29, 0.717) is 28.3 Å². The molecular formula is C23H19F3N4OS. The smallest absolute Gasteiger partial charge is 0.349 e. The quantitative estimate of drug-likeness (QED) is 0.506. The summed E-state index contributed by atoms with van der Waals surface area (Å²) in [6, 6.07) is 12.8. The summed E-state index contributed by atoms with van der Waals surface area (Å²) in [5, 5.41) is 9.84. The van der Waals surface area contributed by atoms with Crippen LogP contribution in [0.5, 0.6) is 0 Å². The molecule has 9 heteroatoms. The first-order valence-electron chi connectivity index (χ1n) is 9.82. The van der Waals surface area contributed by atoms with Crippen molar-refractivity contribution in [3.05, 3.63) is 84.2 Å². The SMILES string of the molecule is O=C(CSc1ncn[nH]1)NC1C=CC(c2cc(-c3ccccc3)cc(C(F)(F)F)c2)=CC1. The summed E-state index contributed by atoms with van der Waals surface area (Å²) in [6.07, 6.45) is 2.81. The molecule has 0 fully saturated rings. The maximum atomic E-state index is 13.5. The number of hydrogen-bond acceptors (Lipinski definition) is 4. The van der Waals surface area contributed by atoms with Gasteiger partial charge in [-0.05, 0) is 46.9 Å². The van der Waals surface area contributed by atoms with Crippen molar-refractivity contribution in [3.63, 3.8) is 0 Å². The van der Waals surface area contributed by atoms with Crippen molar-refractivity contribution in [1.29, 1.82) is 0 Å². The molecular weight excluding hydrogens is 437 g/mol. The van der Waals surface area contributed by atoms with Crippen LogP contribution in [0.25, 0.3) is 16.7 Å². The number of H-pyrrole nitrogens is 1. The summed E-state index contributed by atoms with van der Waals surface area (Å²) in [7, 11) is 0. The summed E-state index contributed by atoms with van der Waals surface area (Å²) in [5.74, 6) is 0.0211. The lowest BCUT2D eigenvalue weighted by Gasteiger charge is -2.19. The van der Waals surface area contributed by atoms with E-state index in [0.717, 1.165) is 11.6 Å². The molecule has 2 N–H and O–H groups in total. The number of aromatic nitrogens is 3. The van der Waals surface area contributed by atoms with Gasteiger partial charge in [-0.2, -0.15) is 18.3 Å². The molecule has 1 aliphatic carbocycles. The van der Waals surface area contributed by atoms with Crippen LogP contribution < -0.4 is 5.32 Å². The van der Waals surface area contributed by atoms with Crippen molar-refractivity contribution in [1.82, 2.24) is 20.5 Å². The molecule has 0 saturated carbocycles. The summed E-state index contributed by atoms with van der Waals surface area (Å²) in [5.41, 5.74) is 1.71. The average Bonchev–Trinajstić information content (AvgIpc) is 3.32. The van der Waals surface area contributed by atoms with Gasteiger partial charge in [-0.1, -0.05) is 60.3 Å². The Morgan fingerprint density at radius 1 is 1.12 bits per heavy atom. The highest BCUT2D eigenvalue weighted by atomic mass is 32.2. The Bertz CT molecular complexity index is 1140. The van der Waals surface area contributed by atoms with Crippen molar-refractivity contribution >= 4 is 23.2 Å². The van der Waals surface area contributed by atoms with E-state index in [-0.39, 0.29) is 17.7 Å². The molecule has 0 aliphatic heterocycles. The first kappa shape index (κ1) is 21.9. The van der Waals surface area contributed by atoms with Crippen LogP contribution in [0, 0.1) is 0 Å². The third kappa shape index (κ3) is 5.47. The van der Waals surface area contributed by atoms with Gasteiger partial charge in [-0.15, -0.1) is 0 Å². The molecule has 1 aliphatic rings. The van der Waals surface area contributed by atoms with Gasteiger partial charge >= 0.3 is 6.18 Å². The zero-order valence-corrected chi connectivity index (χ0v) is 17.6. The number of halogens is 3. The van der Waals surface area contributed by atoms with Crippen LogP contribution in [0.1, 0.15) is 17.5 Å². The van der Waals surface area contributed by atoms with E-state index in [4.69, 9.17) is 0 Å². The van der Waals surface area contributed by atoms with Gasteiger partial charge in [0.1, 0.15) is 6.33 Å². The number of alkyl halides is 3. The minimum absolute atomic E-state index is 0.164. The number of allylic oxidation sites excluding steroid dienone is 2. The van der Waals surface area contributed by atoms with Gasteiger partial charge in [0.05, 0.1) is 17.4 Å². The molecule has 32 heavy (non-hydrogen) atoms. The van der Waals surface area contributed by atoms with Crippen LogP contribution in [0.4, 0.5) is 13.2 Å². The number of hydrogen-bond donors (Lipinski definition) is 2. The lowest BCUT2D eigenvalue weighted by Crippen LogP contribution is -2.35. The predicted molar refractivity (Wildman–Crippen MR) is 118 cm³/mol. The number of nitrogens with one attached hydrogen (secondary N) is 2. The predicted octanol–water partition coefficient (Wildman–Crippen LogP) is 5.11. The second-order valence-electron chi connectivity index (χ2n) is 7.17. The van der Waals surface area contributed by atoms with Gasteiger partial charge in [0.25, 0.3) is 0 Å². The monoisotopic (exact) mass is 456 g/mol. The molecule has 164 valence electrons. The fourth-order valence-electron chi connectivity index (χ4n) is 3.34. The van der Waals surface area contributed by atoms with Crippen LogP contribution in [-0.4, -0.2) is 32.9 Å². The molecule has 1 unspecified atom stereocenters. The molecule has 1 amide bonds. The lowest BCUT2D eigenvalue weighted by atomic mass is 9.92. The third-order valence-electron chi connectivity index (χ3n) is 4.88. The second-order valence-corrected chi connectivity index (χ2v) is 8.13. The Labute approximate surface area is 186 Å². The maximum Gasteiger partial charge on any atom is 0.416 e. The second kappa shape index (κ2) is 9.44. The number of thioether (sulfide) groups is 1. The fourth-order valence-corrected chi connectivity index (χ4v) is 3.93. The van der Waals surface area contributed by atoms with E-state index in [1.807, 2.05) is 12.1 Å². The summed E-state index contributed by atoms with van der Waals surface area (Å²) in [6.45, 7) is 0. The number of aromatic amines is 1. The minimum Gasteiger partial charge on any atom is -0.349 e. The number of nitrogens with zero attached hydrogens (tertiary/aromatic N) is 2. The van der Waals surface area contributed by atoms with Crippen molar-refractivity contribution in [2.24, 2.45) is 0 Å². The van der Waals surface area contributed by atoms with Gasteiger partial charge < -0.3 is 5.32 Å². The molecule has 2 aromatic carbocycles. The topological polar surface area (TPSA) is 70.7 Å². The highest BCUT2D eigenvalue weighted by Crippen LogP contribution is 2.36. The molecule has 1 atom stereocenters. The van der Waals surface area contributed by atoms with Crippen molar-refractivity contribution in [2.75, 3.05) is 5.75 Å². The Hall–Kier alpha value is -3.33. The molecule has 4 rings (SSSR count). The van der Waals surface area contributed by atoms with E-state index < -0.39 is 11.7 Å². The highest BCUT2D eigenvalue weighted by molar-refractivity contribution is 7.99. The van der Waals surface area contributed by atoms with Crippen molar-refractivity contribution in [3.8, 4) is 11.1 Å². The van der Waals surface area contributed by atoms with E-state index in [9.17, 15) is 18.0 Å². The zero-order valence-electron chi connectivity index (χ0n) is 16.8. The van der Waals surface area contributed by atoms with Gasteiger partial charge in [0, 0.05) is 0 Å². The molecule has 5 nitrogen and oxygen atoms in total. The molecule has 0 radical (unpaired) electrons. The van der Waals surface area contributed by atoms with Crippen LogP contribution in [0.15, 0.2) is 78.2 Å². The van der Waals surface area contributed by atoms with Crippen LogP contribution in [0.2, 0.25) is 0 Å². The number of rotatable bonds is 6. The summed E-state index contributed by atoms with van der Waals surface area (Å²) < 4.78 is 40.5. The molecule has 3 aromatic rings. The Kier molecular flexibility index (Phi) is 6.45. The number of benzene rings is 2. The Balaban J connectivity index is 1.47. The van der Waals surface area contributed by atoms with E-state index in [2.05, 4.69) is 20.5 Å².